The maximum atomic E-state index is 12.9. The van der Waals surface area contributed by atoms with Crippen molar-refractivity contribution in [1.82, 2.24) is 25.0 Å². The number of ether oxygens (including phenoxy) is 2. The van der Waals surface area contributed by atoms with Gasteiger partial charge in [0.1, 0.15) is 18.2 Å². The lowest BCUT2D eigenvalue weighted by Gasteiger charge is -2.26. The third-order valence-electron chi connectivity index (χ3n) is 5.96. The Hall–Kier alpha value is -3.23. The first kappa shape index (κ1) is 21.6. The molecule has 0 radical (unpaired) electrons. The molecule has 3 aromatic rings. The van der Waals surface area contributed by atoms with Crippen LogP contribution in [0.3, 0.4) is 0 Å². The molecule has 1 saturated carbocycles. The number of carbonyl (C=O) groups is 1. The first-order valence-electron chi connectivity index (χ1n) is 11.6. The van der Waals surface area contributed by atoms with Crippen molar-refractivity contribution in [3.8, 4) is 11.4 Å². The molecule has 1 amide bonds. The van der Waals surface area contributed by atoms with E-state index in [0.717, 1.165) is 68.5 Å². The van der Waals surface area contributed by atoms with Crippen LogP contribution in [-0.2, 0) is 11.3 Å². The average Bonchev–Trinajstić information content (AvgIpc) is 3.62. The number of morpholine rings is 1. The van der Waals surface area contributed by atoms with E-state index in [-0.39, 0.29) is 11.7 Å². The van der Waals surface area contributed by atoms with Crippen LogP contribution >= 0.6 is 0 Å². The Balaban J connectivity index is 1.22. The Morgan fingerprint density at radius 3 is 2.61 bits per heavy atom. The van der Waals surface area contributed by atoms with Crippen LogP contribution in [0.5, 0.6) is 5.75 Å². The second-order valence-corrected chi connectivity index (χ2v) is 8.41. The number of hydrogen-bond acceptors (Lipinski definition) is 6. The van der Waals surface area contributed by atoms with Gasteiger partial charge in [-0.25, -0.2) is 9.67 Å². The summed E-state index contributed by atoms with van der Waals surface area (Å²) in [6, 6.07) is 17.6. The van der Waals surface area contributed by atoms with Gasteiger partial charge in [-0.1, -0.05) is 36.4 Å². The molecule has 1 aliphatic heterocycles. The molecular formula is C25H29N5O3. The molecule has 1 N–H and O–H groups in total. The van der Waals surface area contributed by atoms with Gasteiger partial charge in [-0.15, -0.1) is 5.10 Å². The van der Waals surface area contributed by atoms with Crippen LogP contribution < -0.4 is 10.1 Å². The van der Waals surface area contributed by atoms with E-state index in [1.54, 1.807) is 4.68 Å². The maximum absolute atomic E-state index is 12.9. The van der Waals surface area contributed by atoms with Crippen molar-refractivity contribution in [2.75, 3.05) is 39.5 Å². The van der Waals surface area contributed by atoms with E-state index in [4.69, 9.17) is 9.47 Å². The molecule has 0 unspecified atom stereocenters. The molecular weight excluding hydrogens is 418 g/mol. The van der Waals surface area contributed by atoms with E-state index in [9.17, 15) is 4.79 Å². The fraction of sp³-hybridized carbons (Fsp3) is 0.400. The predicted octanol–water partition coefficient (Wildman–Crippen LogP) is 2.79. The normalized spacial score (nSPS) is 16.5. The summed E-state index contributed by atoms with van der Waals surface area (Å²) in [5.74, 6) is 1.94. The van der Waals surface area contributed by atoms with Crippen molar-refractivity contribution in [2.24, 2.45) is 0 Å². The third-order valence-corrected chi connectivity index (χ3v) is 5.96. The zero-order chi connectivity index (χ0) is 22.5. The Morgan fingerprint density at radius 2 is 1.82 bits per heavy atom. The molecule has 0 bridgehead atoms. The van der Waals surface area contributed by atoms with Gasteiger partial charge in [0, 0.05) is 37.7 Å². The highest BCUT2D eigenvalue weighted by Crippen LogP contribution is 2.39. The van der Waals surface area contributed by atoms with Gasteiger partial charge >= 0.3 is 0 Å². The van der Waals surface area contributed by atoms with E-state index in [1.807, 2.05) is 54.6 Å². The lowest BCUT2D eigenvalue weighted by Crippen LogP contribution is -2.38. The number of aromatic nitrogens is 3. The van der Waals surface area contributed by atoms with E-state index in [1.165, 1.54) is 0 Å². The molecule has 5 rings (SSSR count). The third kappa shape index (κ3) is 5.40. The summed E-state index contributed by atoms with van der Waals surface area (Å²) in [4.78, 5) is 19.8. The van der Waals surface area contributed by atoms with Crippen LogP contribution in [0.2, 0.25) is 0 Å². The molecule has 2 aliphatic rings. The highest BCUT2D eigenvalue weighted by atomic mass is 16.5. The monoisotopic (exact) mass is 447 g/mol. The molecule has 172 valence electrons. The van der Waals surface area contributed by atoms with Crippen LogP contribution in [0.4, 0.5) is 0 Å². The molecule has 0 atom stereocenters. The van der Waals surface area contributed by atoms with Gasteiger partial charge in [0.25, 0.3) is 5.91 Å². The number of rotatable bonds is 9. The van der Waals surface area contributed by atoms with Gasteiger partial charge in [0.05, 0.1) is 18.9 Å². The summed E-state index contributed by atoms with van der Waals surface area (Å²) in [7, 11) is 0. The lowest BCUT2D eigenvalue weighted by molar-refractivity contribution is 0.0322. The van der Waals surface area contributed by atoms with E-state index in [0.29, 0.717) is 19.1 Å². The highest BCUT2D eigenvalue weighted by molar-refractivity contribution is 5.90. The Labute approximate surface area is 193 Å². The number of nitrogens with one attached hydrogen (secondary N) is 1. The molecule has 0 spiro atoms. The molecule has 8 heteroatoms. The molecule has 1 saturated heterocycles. The van der Waals surface area contributed by atoms with Crippen LogP contribution in [-0.4, -0.2) is 65.0 Å². The molecule has 2 fully saturated rings. The second-order valence-electron chi connectivity index (χ2n) is 8.41. The largest absolute Gasteiger partial charge is 0.492 e. The Kier molecular flexibility index (Phi) is 6.64. The number of amides is 1. The first-order valence-corrected chi connectivity index (χ1v) is 11.6. The standard InChI is InChI=1S/C25H29N5O3/c31-25(23-27-24(19-10-11-19)30(28-23)21-7-2-1-3-8-21)26-18-20-6-4-5-9-22(20)33-17-14-29-12-15-32-16-13-29/h1-9,19H,10-18H2,(H,26,31). The minimum absolute atomic E-state index is 0.200. The van der Waals surface area contributed by atoms with Gasteiger partial charge in [-0.2, -0.15) is 0 Å². The fourth-order valence-corrected chi connectivity index (χ4v) is 3.94. The second kappa shape index (κ2) is 10.1. The number of carbonyl (C=O) groups excluding carboxylic acids is 1. The SMILES string of the molecule is O=C(NCc1ccccc1OCCN1CCOCC1)c1nc(C2CC2)n(-c2ccccc2)n1. The topological polar surface area (TPSA) is 81.5 Å². The molecule has 8 nitrogen and oxygen atoms in total. The van der Waals surface area contributed by atoms with Gasteiger partial charge in [-0.3, -0.25) is 9.69 Å². The first-order chi connectivity index (χ1) is 16.3. The molecule has 2 heterocycles. The summed E-state index contributed by atoms with van der Waals surface area (Å²) in [5, 5.41) is 7.49. The summed E-state index contributed by atoms with van der Waals surface area (Å²) in [5.41, 5.74) is 1.85. The summed E-state index contributed by atoms with van der Waals surface area (Å²) in [6.45, 7) is 5.23. The van der Waals surface area contributed by atoms with Crippen molar-refractivity contribution in [3.05, 3.63) is 71.8 Å². The Bertz CT molecular complexity index is 1070. The smallest absolute Gasteiger partial charge is 0.291 e. The van der Waals surface area contributed by atoms with Crippen LogP contribution in [0.1, 0.15) is 40.8 Å². The zero-order valence-electron chi connectivity index (χ0n) is 18.7. The van der Waals surface area contributed by atoms with Gasteiger partial charge in [-0.05, 0) is 31.0 Å². The zero-order valence-corrected chi connectivity index (χ0v) is 18.7. The van der Waals surface area contributed by atoms with Crippen LogP contribution in [0.25, 0.3) is 5.69 Å². The van der Waals surface area contributed by atoms with Crippen molar-refractivity contribution < 1.29 is 14.3 Å². The maximum Gasteiger partial charge on any atom is 0.291 e. The van der Waals surface area contributed by atoms with Crippen molar-refractivity contribution in [3.63, 3.8) is 0 Å². The molecule has 2 aromatic carbocycles. The summed E-state index contributed by atoms with van der Waals surface area (Å²) >= 11 is 0. The molecule has 33 heavy (non-hydrogen) atoms. The van der Waals surface area contributed by atoms with Gasteiger partial charge < -0.3 is 14.8 Å². The Morgan fingerprint density at radius 1 is 1.06 bits per heavy atom. The van der Waals surface area contributed by atoms with Crippen LogP contribution in [0.15, 0.2) is 54.6 Å². The van der Waals surface area contributed by atoms with Gasteiger partial charge in [0.2, 0.25) is 5.82 Å². The van der Waals surface area contributed by atoms with E-state index in [2.05, 4.69) is 20.3 Å². The van der Waals surface area contributed by atoms with E-state index >= 15 is 0 Å². The van der Waals surface area contributed by atoms with Crippen molar-refractivity contribution in [1.29, 1.82) is 0 Å². The quantitative estimate of drug-likeness (QED) is 0.543. The molecule has 1 aliphatic carbocycles. The minimum atomic E-state index is -0.283. The van der Waals surface area contributed by atoms with Crippen LogP contribution in [0, 0.1) is 0 Å². The lowest BCUT2D eigenvalue weighted by atomic mass is 10.2. The van der Waals surface area contributed by atoms with Crippen molar-refractivity contribution in [2.45, 2.75) is 25.3 Å². The average molecular weight is 448 g/mol. The highest BCUT2D eigenvalue weighted by Gasteiger charge is 2.31. The van der Waals surface area contributed by atoms with Gasteiger partial charge in [0.15, 0.2) is 0 Å². The van der Waals surface area contributed by atoms with Crippen molar-refractivity contribution >= 4 is 5.91 Å². The minimum Gasteiger partial charge on any atom is -0.492 e. The summed E-state index contributed by atoms with van der Waals surface area (Å²) < 4.78 is 13.2. The number of hydrogen-bond donors (Lipinski definition) is 1. The van der Waals surface area contributed by atoms with E-state index < -0.39 is 0 Å². The molecule has 1 aromatic heterocycles. The predicted molar refractivity (Wildman–Crippen MR) is 124 cm³/mol. The number of benzene rings is 2. The fourth-order valence-electron chi connectivity index (χ4n) is 3.94. The summed E-state index contributed by atoms with van der Waals surface area (Å²) in [6.07, 6.45) is 2.17. The number of para-hydroxylation sites is 2. The number of nitrogens with zero attached hydrogens (tertiary/aromatic N) is 4.